The van der Waals surface area contributed by atoms with Gasteiger partial charge in [-0.15, -0.1) is 11.8 Å². The van der Waals surface area contributed by atoms with Crippen molar-refractivity contribution >= 4 is 41.0 Å². The van der Waals surface area contributed by atoms with Gasteiger partial charge in [0.1, 0.15) is 0 Å². The summed E-state index contributed by atoms with van der Waals surface area (Å²) in [5, 5.41) is 0. The molecule has 4 nitrogen and oxygen atoms in total. The Morgan fingerprint density at radius 1 is 1.00 bits per heavy atom. The van der Waals surface area contributed by atoms with Gasteiger partial charge in [-0.3, -0.25) is 9.59 Å². The Morgan fingerprint density at radius 2 is 1.81 bits per heavy atom. The third-order valence-electron chi connectivity index (χ3n) is 4.90. The zero-order valence-corrected chi connectivity index (χ0v) is 16.0. The Balaban J connectivity index is 1.48. The van der Waals surface area contributed by atoms with E-state index < -0.39 is 0 Å². The normalized spacial score (nSPS) is 17.3. The molecule has 2 aliphatic heterocycles. The second kappa shape index (κ2) is 8.01. The first-order valence-corrected chi connectivity index (χ1v) is 10.3. The van der Waals surface area contributed by atoms with Gasteiger partial charge in [0.25, 0.3) is 5.91 Å². The van der Waals surface area contributed by atoms with Gasteiger partial charge in [-0.1, -0.05) is 24.3 Å². The Kier molecular flexibility index (Phi) is 5.30. The number of carbonyl (C=O) groups is 2. The van der Waals surface area contributed by atoms with Crippen molar-refractivity contribution in [2.45, 2.75) is 24.2 Å². The SMILES string of the molecule is O=C1CCCN1c1ccc(C=CC(=O)N2CCCSc3ccccc32)cc1. The number of thioether (sulfide) groups is 1. The van der Waals surface area contributed by atoms with Crippen molar-refractivity contribution in [3.05, 3.63) is 60.2 Å². The van der Waals surface area contributed by atoms with Gasteiger partial charge in [-0.05, 0) is 54.5 Å². The number of amides is 2. The van der Waals surface area contributed by atoms with E-state index in [1.54, 1.807) is 6.08 Å². The average molecular weight is 378 g/mol. The number of hydrogen-bond acceptors (Lipinski definition) is 3. The molecular formula is C22H22N2O2S. The molecule has 0 saturated carbocycles. The molecule has 0 N–H and O–H groups in total. The molecule has 27 heavy (non-hydrogen) atoms. The van der Waals surface area contributed by atoms with Crippen molar-refractivity contribution in [3.63, 3.8) is 0 Å². The quantitative estimate of drug-likeness (QED) is 0.746. The van der Waals surface area contributed by atoms with E-state index >= 15 is 0 Å². The minimum atomic E-state index is 0.00347. The van der Waals surface area contributed by atoms with E-state index in [4.69, 9.17) is 0 Å². The number of hydrogen-bond donors (Lipinski definition) is 0. The molecule has 1 fully saturated rings. The van der Waals surface area contributed by atoms with Gasteiger partial charge in [0.15, 0.2) is 0 Å². The average Bonchev–Trinajstić information content (AvgIpc) is 3.01. The molecule has 0 spiro atoms. The molecule has 2 aliphatic rings. The minimum Gasteiger partial charge on any atom is -0.312 e. The molecule has 4 rings (SSSR count). The second-order valence-electron chi connectivity index (χ2n) is 6.73. The van der Waals surface area contributed by atoms with E-state index in [0.717, 1.165) is 53.5 Å². The van der Waals surface area contributed by atoms with Gasteiger partial charge < -0.3 is 9.80 Å². The molecule has 2 heterocycles. The summed E-state index contributed by atoms with van der Waals surface area (Å²) >= 11 is 1.81. The fourth-order valence-electron chi connectivity index (χ4n) is 3.50. The van der Waals surface area contributed by atoms with Gasteiger partial charge in [0, 0.05) is 36.2 Å². The molecule has 2 aromatic rings. The molecule has 2 aromatic carbocycles. The molecule has 0 radical (unpaired) electrons. The summed E-state index contributed by atoms with van der Waals surface area (Å²) in [7, 11) is 0. The van der Waals surface area contributed by atoms with E-state index in [9.17, 15) is 9.59 Å². The molecule has 2 amide bonds. The van der Waals surface area contributed by atoms with Crippen LogP contribution in [0, 0.1) is 0 Å². The topological polar surface area (TPSA) is 40.6 Å². The number of anilines is 2. The summed E-state index contributed by atoms with van der Waals surface area (Å²) in [5.74, 6) is 1.22. The molecule has 0 bridgehead atoms. The fraction of sp³-hybridized carbons (Fsp3) is 0.273. The smallest absolute Gasteiger partial charge is 0.251 e. The van der Waals surface area contributed by atoms with E-state index in [-0.39, 0.29) is 11.8 Å². The maximum Gasteiger partial charge on any atom is 0.251 e. The van der Waals surface area contributed by atoms with Gasteiger partial charge in [-0.25, -0.2) is 0 Å². The summed E-state index contributed by atoms with van der Waals surface area (Å²) in [6, 6.07) is 15.9. The standard InChI is InChI=1S/C22H22N2O2S/c25-21-7-3-14-23(21)18-11-8-17(9-12-18)10-13-22(26)24-15-4-16-27-20-6-2-1-5-19(20)24/h1-2,5-6,8-13H,3-4,7,14-16H2. The maximum absolute atomic E-state index is 12.8. The van der Waals surface area contributed by atoms with Crippen LogP contribution in [0.25, 0.3) is 6.08 Å². The zero-order valence-electron chi connectivity index (χ0n) is 15.1. The predicted molar refractivity (Wildman–Crippen MR) is 111 cm³/mol. The monoisotopic (exact) mass is 378 g/mol. The molecule has 0 aliphatic carbocycles. The molecule has 0 unspecified atom stereocenters. The Morgan fingerprint density at radius 3 is 2.59 bits per heavy atom. The van der Waals surface area contributed by atoms with Crippen LogP contribution in [0.4, 0.5) is 11.4 Å². The van der Waals surface area contributed by atoms with Crippen molar-refractivity contribution in [1.82, 2.24) is 0 Å². The van der Waals surface area contributed by atoms with Crippen LogP contribution in [0.1, 0.15) is 24.8 Å². The van der Waals surface area contributed by atoms with Crippen molar-refractivity contribution in [1.29, 1.82) is 0 Å². The van der Waals surface area contributed by atoms with Crippen molar-refractivity contribution in [2.24, 2.45) is 0 Å². The summed E-state index contributed by atoms with van der Waals surface area (Å²) in [6.45, 7) is 1.53. The van der Waals surface area contributed by atoms with Crippen LogP contribution in [0.3, 0.4) is 0 Å². The van der Waals surface area contributed by atoms with Crippen LogP contribution in [-0.4, -0.2) is 30.7 Å². The van der Waals surface area contributed by atoms with Gasteiger partial charge in [-0.2, -0.15) is 0 Å². The second-order valence-corrected chi connectivity index (χ2v) is 7.87. The summed E-state index contributed by atoms with van der Waals surface area (Å²) in [5.41, 5.74) is 2.88. The molecular weight excluding hydrogens is 356 g/mol. The largest absolute Gasteiger partial charge is 0.312 e. The predicted octanol–water partition coefficient (Wildman–Crippen LogP) is 4.36. The van der Waals surface area contributed by atoms with E-state index in [1.807, 2.05) is 70.1 Å². The number of carbonyl (C=O) groups excluding carboxylic acids is 2. The van der Waals surface area contributed by atoms with Crippen molar-refractivity contribution < 1.29 is 9.59 Å². The van der Waals surface area contributed by atoms with Crippen LogP contribution in [-0.2, 0) is 9.59 Å². The van der Waals surface area contributed by atoms with Gasteiger partial charge in [0.05, 0.1) is 5.69 Å². The number of benzene rings is 2. The first kappa shape index (κ1) is 17.9. The van der Waals surface area contributed by atoms with Crippen LogP contribution >= 0.6 is 11.8 Å². The lowest BCUT2D eigenvalue weighted by Crippen LogP contribution is -2.30. The third-order valence-corrected chi connectivity index (χ3v) is 6.05. The molecule has 0 atom stereocenters. The maximum atomic E-state index is 12.8. The zero-order chi connectivity index (χ0) is 18.6. The highest BCUT2D eigenvalue weighted by atomic mass is 32.2. The van der Waals surface area contributed by atoms with E-state index in [2.05, 4.69) is 6.07 Å². The number of rotatable bonds is 3. The van der Waals surface area contributed by atoms with E-state index in [1.165, 1.54) is 0 Å². The highest BCUT2D eigenvalue weighted by Gasteiger charge is 2.21. The lowest BCUT2D eigenvalue weighted by Gasteiger charge is -2.20. The summed E-state index contributed by atoms with van der Waals surface area (Å²) in [6.07, 6.45) is 6.02. The molecule has 5 heteroatoms. The van der Waals surface area contributed by atoms with Gasteiger partial charge >= 0.3 is 0 Å². The Labute approximate surface area is 163 Å². The Hall–Kier alpha value is -2.53. The lowest BCUT2D eigenvalue weighted by atomic mass is 10.1. The molecule has 138 valence electrons. The summed E-state index contributed by atoms with van der Waals surface area (Å²) in [4.78, 5) is 29.5. The highest BCUT2D eigenvalue weighted by molar-refractivity contribution is 7.99. The van der Waals surface area contributed by atoms with Crippen LogP contribution < -0.4 is 9.80 Å². The first-order valence-electron chi connectivity index (χ1n) is 9.34. The highest BCUT2D eigenvalue weighted by Crippen LogP contribution is 2.33. The van der Waals surface area contributed by atoms with Gasteiger partial charge in [0.2, 0.25) is 5.91 Å². The fourth-order valence-corrected chi connectivity index (χ4v) is 4.49. The summed E-state index contributed by atoms with van der Waals surface area (Å²) < 4.78 is 0. The third kappa shape index (κ3) is 3.93. The number of nitrogens with zero attached hydrogens (tertiary/aromatic N) is 2. The van der Waals surface area contributed by atoms with Crippen molar-refractivity contribution in [2.75, 3.05) is 28.6 Å². The molecule has 1 saturated heterocycles. The van der Waals surface area contributed by atoms with Crippen molar-refractivity contribution in [3.8, 4) is 0 Å². The Bertz CT molecular complexity index is 876. The number of para-hydroxylation sites is 1. The first-order chi connectivity index (χ1) is 13.2. The van der Waals surface area contributed by atoms with Crippen LogP contribution in [0.2, 0.25) is 0 Å². The molecule has 0 aromatic heterocycles. The number of fused-ring (bicyclic) bond motifs is 1. The minimum absolute atomic E-state index is 0.00347. The van der Waals surface area contributed by atoms with Crippen LogP contribution in [0.15, 0.2) is 59.5 Å². The van der Waals surface area contributed by atoms with E-state index in [0.29, 0.717) is 6.42 Å². The van der Waals surface area contributed by atoms with Crippen LogP contribution in [0.5, 0.6) is 0 Å². The lowest BCUT2D eigenvalue weighted by molar-refractivity contribution is -0.117.